The van der Waals surface area contributed by atoms with Gasteiger partial charge in [-0.2, -0.15) is 0 Å². The van der Waals surface area contributed by atoms with Gasteiger partial charge in [0.1, 0.15) is 5.75 Å². The maximum atomic E-state index is 15.6. The molecule has 0 aliphatic carbocycles. The van der Waals surface area contributed by atoms with Crippen LogP contribution in [0, 0.1) is 19.3 Å². The number of aliphatic imine (C=N–C) groups is 1. The summed E-state index contributed by atoms with van der Waals surface area (Å²) in [6, 6.07) is 5.78. The number of piperidine rings is 1. The lowest BCUT2D eigenvalue weighted by Gasteiger charge is -2.41. The van der Waals surface area contributed by atoms with Gasteiger partial charge in [0.2, 0.25) is 5.88 Å². The third kappa shape index (κ3) is 8.91. The summed E-state index contributed by atoms with van der Waals surface area (Å²) in [6.45, 7) is 20.6. The van der Waals surface area contributed by atoms with Crippen LogP contribution in [0.5, 0.6) is 5.75 Å². The molecule has 0 amide bonds. The number of pyridine rings is 1. The van der Waals surface area contributed by atoms with E-state index in [0.29, 0.717) is 34.5 Å². The Balaban J connectivity index is 2.02. The van der Waals surface area contributed by atoms with Crippen molar-refractivity contribution in [1.29, 1.82) is 0 Å². The van der Waals surface area contributed by atoms with Crippen LogP contribution in [0.25, 0.3) is 5.57 Å². The number of ether oxygens (including phenoxy) is 3. The van der Waals surface area contributed by atoms with Crippen molar-refractivity contribution in [2.75, 3.05) is 31.7 Å². The highest BCUT2D eigenvalue weighted by atomic mass is 19.1. The van der Waals surface area contributed by atoms with Crippen molar-refractivity contribution < 1.29 is 28.5 Å². The molecule has 0 radical (unpaired) electrons. The monoisotopic (exact) mass is 609 g/mol. The highest BCUT2D eigenvalue weighted by Gasteiger charge is 2.35. The number of allylic oxidation sites excluding steroid dienone is 3. The van der Waals surface area contributed by atoms with E-state index in [1.165, 1.54) is 6.08 Å². The summed E-state index contributed by atoms with van der Waals surface area (Å²) in [5.41, 5.74) is 4.46. The number of rotatable bonds is 12. The van der Waals surface area contributed by atoms with Crippen LogP contribution in [-0.4, -0.2) is 55.2 Å². The quantitative estimate of drug-likeness (QED) is 0.149. The maximum absolute atomic E-state index is 15.6. The molecular weight excluding hydrogens is 561 g/mol. The van der Waals surface area contributed by atoms with Crippen LogP contribution in [0.3, 0.4) is 0 Å². The van der Waals surface area contributed by atoms with Gasteiger partial charge in [0.15, 0.2) is 11.9 Å². The molecule has 1 aliphatic heterocycles. The summed E-state index contributed by atoms with van der Waals surface area (Å²) in [4.78, 5) is 23.2. The second-order valence-electron chi connectivity index (χ2n) is 13.1. The Bertz CT molecular complexity index is 1410. The number of aliphatic carboxylic acids is 1. The van der Waals surface area contributed by atoms with E-state index in [9.17, 15) is 9.90 Å². The molecule has 8 nitrogen and oxygen atoms in total. The van der Waals surface area contributed by atoms with Crippen molar-refractivity contribution in [2.24, 2.45) is 10.4 Å². The highest BCUT2D eigenvalue weighted by Crippen LogP contribution is 2.42. The molecule has 1 fully saturated rings. The molecule has 3 rings (SSSR count). The standard InChI is InChI=1S/C35H48FN3O5/c1-22-19-26(42-10)12-11-25(22)13-18-43-32(37-9)28(36)20-23(2)27-21-38-24(3)29(31(33(40)41)44-34(4,5)6)30(27)39-16-14-35(7,8)15-17-39/h11-12,19-21,31H,9,13-18H2,1-8,10H3,(H,40,41)/b23-20+,32-28-/t31-/m0/s1. The minimum atomic E-state index is -1.25. The van der Waals surface area contributed by atoms with Gasteiger partial charge in [-0.25, -0.2) is 14.2 Å². The first-order chi connectivity index (χ1) is 20.6. The fourth-order valence-electron chi connectivity index (χ4n) is 5.33. The summed E-state index contributed by atoms with van der Waals surface area (Å²) < 4.78 is 32.7. The fraction of sp³-hybridized carbons (Fsp3) is 0.514. The average Bonchev–Trinajstić information content (AvgIpc) is 2.94. The van der Waals surface area contributed by atoms with Gasteiger partial charge in [0, 0.05) is 42.5 Å². The van der Waals surface area contributed by atoms with E-state index in [0.717, 1.165) is 42.8 Å². The van der Waals surface area contributed by atoms with Gasteiger partial charge in [-0.1, -0.05) is 19.9 Å². The molecule has 1 aliphatic rings. The van der Waals surface area contributed by atoms with Crippen LogP contribution in [0.2, 0.25) is 0 Å². The van der Waals surface area contributed by atoms with E-state index in [4.69, 9.17) is 14.2 Å². The Morgan fingerprint density at radius 2 is 1.91 bits per heavy atom. The summed E-state index contributed by atoms with van der Waals surface area (Å²) >= 11 is 0. The first kappa shape index (κ1) is 34.8. The maximum Gasteiger partial charge on any atom is 0.337 e. The van der Waals surface area contributed by atoms with Gasteiger partial charge in [0.25, 0.3) is 0 Å². The average molecular weight is 610 g/mol. The van der Waals surface area contributed by atoms with Gasteiger partial charge >= 0.3 is 5.97 Å². The van der Waals surface area contributed by atoms with Crippen molar-refractivity contribution in [2.45, 2.75) is 86.4 Å². The Morgan fingerprint density at radius 1 is 1.25 bits per heavy atom. The van der Waals surface area contributed by atoms with Crippen molar-refractivity contribution in [3.05, 3.63) is 70.1 Å². The Morgan fingerprint density at radius 3 is 2.45 bits per heavy atom. The Labute approximate surface area is 261 Å². The molecule has 1 aromatic heterocycles. The molecule has 1 saturated heterocycles. The van der Waals surface area contributed by atoms with Crippen LogP contribution in [-0.2, 0) is 20.7 Å². The van der Waals surface area contributed by atoms with Crippen molar-refractivity contribution >= 4 is 23.9 Å². The lowest BCUT2D eigenvalue weighted by atomic mass is 9.82. The highest BCUT2D eigenvalue weighted by molar-refractivity contribution is 5.84. The zero-order chi connectivity index (χ0) is 32.8. The van der Waals surface area contributed by atoms with Gasteiger partial charge in [-0.3, -0.25) is 4.98 Å². The largest absolute Gasteiger partial charge is 0.497 e. The first-order valence-corrected chi connectivity index (χ1v) is 15.0. The molecule has 0 saturated carbocycles. The predicted octanol–water partition coefficient (Wildman–Crippen LogP) is 7.78. The molecule has 1 N–H and O–H groups in total. The first-order valence-electron chi connectivity index (χ1n) is 15.0. The molecule has 0 unspecified atom stereocenters. The third-order valence-corrected chi connectivity index (χ3v) is 7.95. The van der Waals surface area contributed by atoms with E-state index < -0.39 is 23.5 Å². The summed E-state index contributed by atoms with van der Waals surface area (Å²) in [6.07, 6.45) is 4.17. The van der Waals surface area contributed by atoms with Crippen LogP contribution >= 0.6 is 0 Å². The number of anilines is 1. The molecule has 1 atom stereocenters. The number of carboxylic acid groups (broad SMARTS) is 1. The number of hydrogen-bond donors (Lipinski definition) is 1. The number of aryl methyl sites for hydroxylation is 2. The lowest BCUT2D eigenvalue weighted by molar-refractivity contribution is -0.160. The minimum Gasteiger partial charge on any atom is -0.497 e. The number of carboxylic acids is 1. The molecule has 9 heteroatoms. The lowest BCUT2D eigenvalue weighted by Crippen LogP contribution is -2.39. The third-order valence-electron chi connectivity index (χ3n) is 7.95. The Kier molecular flexibility index (Phi) is 11.4. The minimum absolute atomic E-state index is 0.166. The zero-order valence-electron chi connectivity index (χ0n) is 27.7. The van der Waals surface area contributed by atoms with Gasteiger partial charge in [0.05, 0.1) is 25.0 Å². The topological polar surface area (TPSA) is 93.5 Å². The number of benzene rings is 1. The second kappa shape index (κ2) is 14.4. The van der Waals surface area contributed by atoms with Gasteiger partial charge in [-0.15, -0.1) is 0 Å². The molecule has 240 valence electrons. The van der Waals surface area contributed by atoms with Crippen molar-refractivity contribution in [3.63, 3.8) is 0 Å². The number of halogens is 1. The molecule has 2 heterocycles. The molecular formula is C35H48FN3O5. The van der Waals surface area contributed by atoms with Gasteiger partial charge < -0.3 is 24.2 Å². The molecule has 44 heavy (non-hydrogen) atoms. The van der Waals surface area contributed by atoms with Gasteiger partial charge in [-0.05, 0) is 101 Å². The van der Waals surface area contributed by atoms with E-state index in [2.05, 4.69) is 35.4 Å². The molecule has 0 spiro atoms. The molecule has 1 aromatic carbocycles. The van der Waals surface area contributed by atoms with Crippen LogP contribution in [0.4, 0.5) is 10.1 Å². The van der Waals surface area contributed by atoms with E-state index >= 15 is 4.39 Å². The number of carbonyl (C=O) groups is 1. The SMILES string of the molecule is C=N/C(OCCc1ccc(OC)cc1C)=C(F)\C=C(/C)c1cnc(C)c([C@H](OC(C)(C)C)C(=O)O)c1N1CCC(C)(C)CC1. The van der Waals surface area contributed by atoms with Crippen molar-refractivity contribution in [3.8, 4) is 5.75 Å². The molecule has 2 aromatic rings. The number of methoxy groups -OCH3 is 1. The second-order valence-corrected chi connectivity index (χ2v) is 13.1. The summed E-state index contributed by atoms with van der Waals surface area (Å²) in [7, 11) is 1.62. The van der Waals surface area contributed by atoms with Crippen LogP contribution in [0.1, 0.15) is 88.4 Å². The number of nitrogens with zero attached hydrogens (tertiary/aromatic N) is 3. The summed E-state index contributed by atoms with van der Waals surface area (Å²) in [5, 5.41) is 10.3. The van der Waals surface area contributed by atoms with Crippen LogP contribution in [0.15, 0.2) is 47.2 Å². The van der Waals surface area contributed by atoms with Crippen molar-refractivity contribution in [1.82, 2.24) is 4.98 Å². The fourth-order valence-corrected chi connectivity index (χ4v) is 5.33. The normalized spacial score (nSPS) is 16.7. The van der Waals surface area contributed by atoms with E-state index in [1.54, 1.807) is 27.2 Å². The van der Waals surface area contributed by atoms with E-state index in [1.807, 2.05) is 45.9 Å². The number of hydrogen-bond acceptors (Lipinski definition) is 7. The molecule has 0 bridgehead atoms. The van der Waals surface area contributed by atoms with Crippen LogP contribution < -0.4 is 9.64 Å². The zero-order valence-corrected chi connectivity index (χ0v) is 27.7. The number of aromatic nitrogens is 1. The predicted molar refractivity (Wildman–Crippen MR) is 174 cm³/mol. The van der Waals surface area contributed by atoms with E-state index in [-0.39, 0.29) is 17.9 Å². The smallest absolute Gasteiger partial charge is 0.337 e. The summed E-state index contributed by atoms with van der Waals surface area (Å²) in [5.74, 6) is -1.23. The Hall–Kier alpha value is -3.72.